The van der Waals surface area contributed by atoms with Crippen LogP contribution >= 0.6 is 0 Å². The fourth-order valence-electron chi connectivity index (χ4n) is 3.67. The van der Waals surface area contributed by atoms with Crippen molar-refractivity contribution >= 4 is 21.7 Å². The number of ether oxygens (including phenoxy) is 1. The largest absolute Gasteiger partial charge is 0.379 e. The predicted molar refractivity (Wildman–Crippen MR) is 87.1 cm³/mol. The topological polar surface area (TPSA) is 87.2 Å². The molecule has 9 heteroatoms. The Balaban J connectivity index is 1.80. The van der Waals surface area contributed by atoms with E-state index in [1.807, 2.05) is 11.8 Å². The standard InChI is InChI=1S/C15H25N3O5S/c1-15(9-23-10-15)14(20)18-5-4-17(6-13(19)16(2)3)11-7-24(21,22)8-12(11)18/h11-12H,4-10H2,1-3H3/t11-,12+/m0/s1. The summed E-state index contributed by atoms with van der Waals surface area (Å²) in [5.74, 6) is -0.0980. The number of rotatable bonds is 3. The van der Waals surface area contributed by atoms with Crippen LogP contribution in [0.25, 0.3) is 0 Å². The minimum Gasteiger partial charge on any atom is -0.379 e. The van der Waals surface area contributed by atoms with Crippen LogP contribution in [0.2, 0.25) is 0 Å². The molecule has 3 aliphatic heterocycles. The molecular formula is C15H25N3O5S. The lowest BCUT2D eigenvalue weighted by molar-refractivity contribution is -0.174. The molecule has 0 spiro atoms. The first kappa shape index (κ1) is 17.6. The van der Waals surface area contributed by atoms with E-state index in [-0.39, 0.29) is 41.9 Å². The van der Waals surface area contributed by atoms with Crippen molar-refractivity contribution in [1.29, 1.82) is 0 Å². The average molecular weight is 359 g/mol. The summed E-state index contributed by atoms with van der Waals surface area (Å²) in [6.07, 6.45) is 0. The first-order valence-corrected chi connectivity index (χ1v) is 9.98. The van der Waals surface area contributed by atoms with Crippen LogP contribution < -0.4 is 0 Å². The van der Waals surface area contributed by atoms with Gasteiger partial charge in [-0.25, -0.2) is 8.42 Å². The second kappa shape index (κ2) is 5.96. The molecule has 8 nitrogen and oxygen atoms in total. The normalized spacial score (nSPS) is 31.2. The van der Waals surface area contributed by atoms with E-state index >= 15 is 0 Å². The summed E-state index contributed by atoms with van der Waals surface area (Å²) in [4.78, 5) is 30.0. The molecule has 0 bridgehead atoms. The number of carbonyl (C=O) groups excluding carboxylic acids is 2. The van der Waals surface area contributed by atoms with Gasteiger partial charge in [-0.2, -0.15) is 0 Å². The van der Waals surface area contributed by atoms with Gasteiger partial charge in [0.05, 0.1) is 42.7 Å². The zero-order chi connectivity index (χ0) is 17.7. The second-order valence-electron chi connectivity index (χ2n) is 7.52. The van der Waals surface area contributed by atoms with Gasteiger partial charge in [0.25, 0.3) is 0 Å². The molecule has 0 aliphatic carbocycles. The highest BCUT2D eigenvalue weighted by Crippen LogP contribution is 2.34. The molecule has 0 radical (unpaired) electrons. The molecule has 2 amide bonds. The molecular weight excluding hydrogens is 334 g/mol. The minimum atomic E-state index is -3.21. The summed E-state index contributed by atoms with van der Waals surface area (Å²) >= 11 is 0. The number of hydrogen-bond donors (Lipinski definition) is 0. The van der Waals surface area contributed by atoms with Crippen molar-refractivity contribution in [3.8, 4) is 0 Å². The third-order valence-electron chi connectivity index (χ3n) is 5.25. The van der Waals surface area contributed by atoms with Crippen LogP contribution in [-0.4, -0.2) is 105 Å². The third-order valence-corrected chi connectivity index (χ3v) is 6.95. The van der Waals surface area contributed by atoms with Crippen molar-refractivity contribution in [2.24, 2.45) is 5.41 Å². The number of nitrogens with zero attached hydrogens (tertiary/aromatic N) is 3. The van der Waals surface area contributed by atoms with Gasteiger partial charge in [0.1, 0.15) is 0 Å². The van der Waals surface area contributed by atoms with E-state index in [1.54, 1.807) is 19.0 Å². The number of fused-ring (bicyclic) bond motifs is 1. The van der Waals surface area contributed by atoms with Gasteiger partial charge in [0, 0.05) is 33.2 Å². The lowest BCUT2D eigenvalue weighted by atomic mass is 9.85. The highest BCUT2D eigenvalue weighted by atomic mass is 32.2. The Morgan fingerprint density at radius 1 is 1.17 bits per heavy atom. The molecule has 3 aliphatic rings. The summed E-state index contributed by atoms with van der Waals surface area (Å²) in [5, 5.41) is 0. The van der Waals surface area contributed by atoms with Crippen molar-refractivity contribution in [3.63, 3.8) is 0 Å². The second-order valence-corrected chi connectivity index (χ2v) is 9.68. The van der Waals surface area contributed by atoms with Crippen molar-refractivity contribution in [1.82, 2.24) is 14.7 Å². The molecule has 0 aromatic rings. The van der Waals surface area contributed by atoms with E-state index in [1.165, 1.54) is 4.90 Å². The highest BCUT2D eigenvalue weighted by Gasteiger charge is 2.52. The monoisotopic (exact) mass is 359 g/mol. The molecule has 3 rings (SSSR count). The zero-order valence-electron chi connectivity index (χ0n) is 14.4. The predicted octanol–water partition coefficient (Wildman–Crippen LogP) is -1.58. The lowest BCUT2D eigenvalue weighted by Crippen LogP contribution is -2.65. The van der Waals surface area contributed by atoms with Crippen LogP contribution in [0.15, 0.2) is 0 Å². The molecule has 0 aromatic heterocycles. The maximum Gasteiger partial charge on any atom is 0.236 e. The summed E-state index contributed by atoms with van der Waals surface area (Å²) in [6, 6.07) is -0.676. The van der Waals surface area contributed by atoms with E-state index in [0.717, 1.165) is 0 Å². The third kappa shape index (κ3) is 3.04. The first-order valence-electron chi connectivity index (χ1n) is 8.16. The van der Waals surface area contributed by atoms with Crippen LogP contribution in [0.3, 0.4) is 0 Å². The van der Waals surface area contributed by atoms with Gasteiger partial charge in [-0.3, -0.25) is 14.5 Å². The van der Waals surface area contributed by atoms with Gasteiger partial charge in [-0.1, -0.05) is 0 Å². The summed E-state index contributed by atoms with van der Waals surface area (Å²) in [6.45, 7) is 3.78. The van der Waals surface area contributed by atoms with E-state index in [9.17, 15) is 18.0 Å². The smallest absolute Gasteiger partial charge is 0.236 e. The number of sulfone groups is 1. The summed E-state index contributed by atoms with van der Waals surface area (Å²) < 4.78 is 29.5. The van der Waals surface area contributed by atoms with Crippen LogP contribution in [0.5, 0.6) is 0 Å². The molecule has 2 atom stereocenters. The van der Waals surface area contributed by atoms with Crippen molar-refractivity contribution in [2.45, 2.75) is 19.0 Å². The lowest BCUT2D eigenvalue weighted by Gasteiger charge is -2.48. The Bertz CT molecular complexity index is 643. The Labute approximate surface area is 142 Å². The summed E-state index contributed by atoms with van der Waals surface area (Å²) in [7, 11) is 0.156. The highest BCUT2D eigenvalue weighted by molar-refractivity contribution is 7.91. The van der Waals surface area contributed by atoms with Gasteiger partial charge < -0.3 is 14.5 Å². The fraction of sp³-hybridized carbons (Fsp3) is 0.867. The number of carbonyl (C=O) groups is 2. The van der Waals surface area contributed by atoms with Crippen LogP contribution in [0.1, 0.15) is 6.92 Å². The molecule has 3 heterocycles. The van der Waals surface area contributed by atoms with E-state index in [2.05, 4.69) is 0 Å². The van der Waals surface area contributed by atoms with Crippen molar-refractivity contribution < 1.29 is 22.7 Å². The minimum absolute atomic E-state index is 0.00930. The van der Waals surface area contributed by atoms with Crippen molar-refractivity contribution in [2.75, 3.05) is 58.4 Å². The fourth-order valence-corrected chi connectivity index (χ4v) is 5.68. The molecule has 24 heavy (non-hydrogen) atoms. The van der Waals surface area contributed by atoms with Crippen LogP contribution in [-0.2, 0) is 24.2 Å². The number of amides is 2. The quantitative estimate of drug-likeness (QED) is 0.605. The number of piperazine rings is 1. The van der Waals surface area contributed by atoms with Crippen LogP contribution in [0.4, 0.5) is 0 Å². The van der Waals surface area contributed by atoms with E-state index < -0.39 is 15.3 Å². The van der Waals surface area contributed by atoms with Gasteiger partial charge in [0.2, 0.25) is 11.8 Å². The Morgan fingerprint density at radius 2 is 1.79 bits per heavy atom. The zero-order valence-corrected chi connectivity index (χ0v) is 15.2. The molecule has 0 unspecified atom stereocenters. The maximum absolute atomic E-state index is 12.9. The Hall–Kier alpha value is -1.19. The van der Waals surface area contributed by atoms with Gasteiger partial charge in [-0.15, -0.1) is 0 Å². The molecule has 0 saturated carbocycles. The molecule has 0 aromatic carbocycles. The van der Waals surface area contributed by atoms with E-state index in [4.69, 9.17) is 4.74 Å². The average Bonchev–Trinajstić information content (AvgIpc) is 2.79. The molecule has 3 saturated heterocycles. The summed E-state index contributed by atoms with van der Waals surface area (Å²) in [5.41, 5.74) is -0.543. The molecule has 0 N–H and O–H groups in total. The maximum atomic E-state index is 12.9. The SMILES string of the molecule is CN(C)C(=O)CN1CCN(C(=O)C2(C)COC2)[C@@H]2CS(=O)(=O)C[C@@H]21. The van der Waals surface area contributed by atoms with Crippen LogP contribution in [0, 0.1) is 5.41 Å². The Kier molecular flexibility index (Phi) is 4.38. The van der Waals surface area contributed by atoms with Gasteiger partial charge in [-0.05, 0) is 6.92 Å². The van der Waals surface area contributed by atoms with Crippen molar-refractivity contribution in [3.05, 3.63) is 0 Å². The Morgan fingerprint density at radius 3 is 2.33 bits per heavy atom. The number of hydrogen-bond acceptors (Lipinski definition) is 6. The number of likely N-dealkylation sites (N-methyl/N-ethyl adjacent to an activating group) is 1. The molecule has 3 fully saturated rings. The first-order chi connectivity index (χ1) is 11.1. The van der Waals surface area contributed by atoms with E-state index in [0.29, 0.717) is 26.3 Å². The van der Waals surface area contributed by atoms with Gasteiger partial charge in [0.15, 0.2) is 9.84 Å². The van der Waals surface area contributed by atoms with Gasteiger partial charge >= 0.3 is 0 Å². The molecule has 136 valence electrons.